The molecule has 1 N–H and O–H groups in total. The van der Waals surface area contributed by atoms with E-state index in [1.165, 1.54) is 64.0 Å². The van der Waals surface area contributed by atoms with Gasteiger partial charge in [-0.2, -0.15) is 0 Å². The number of nitrogens with zero attached hydrogens (tertiary/aromatic N) is 1. The summed E-state index contributed by atoms with van der Waals surface area (Å²) in [5, 5.41) is 3.13. The number of carbonyl (C=O) groups is 2. The number of esters is 1. The first-order chi connectivity index (χ1) is 20.2. The first-order valence-electron chi connectivity index (χ1n) is 13.3. The van der Waals surface area contributed by atoms with Crippen molar-refractivity contribution in [3.05, 3.63) is 52.4 Å². The minimum atomic E-state index is -4.38. The minimum Gasteiger partial charge on any atom is -0.497 e. The van der Waals surface area contributed by atoms with Crippen molar-refractivity contribution in [2.45, 2.75) is 37.5 Å². The summed E-state index contributed by atoms with van der Waals surface area (Å²) in [7, 11) is 1.30. The van der Waals surface area contributed by atoms with E-state index in [4.69, 9.17) is 23.7 Å². The van der Waals surface area contributed by atoms with E-state index in [2.05, 4.69) is 5.32 Å². The molecule has 1 amide bonds. The largest absolute Gasteiger partial charge is 0.497 e. The van der Waals surface area contributed by atoms with Crippen molar-refractivity contribution >= 4 is 43.9 Å². The lowest BCUT2D eigenvalue weighted by atomic mass is 9.95. The van der Waals surface area contributed by atoms with Gasteiger partial charge in [-0.1, -0.05) is 0 Å². The Morgan fingerprint density at radius 3 is 2.26 bits per heavy atom. The summed E-state index contributed by atoms with van der Waals surface area (Å²) < 4.78 is 55.9. The molecule has 1 heterocycles. The molecule has 1 aliphatic carbocycles. The van der Waals surface area contributed by atoms with Crippen LogP contribution in [0.3, 0.4) is 0 Å². The molecule has 0 spiro atoms. The number of sulfonamides is 1. The number of nitrogens with one attached hydrogen (secondary N) is 1. The van der Waals surface area contributed by atoms with Gasteiger partial charge in [-0.3, -0.25) is 9.10 Å². The van der Waals surface area contributed by atoms with Crippen LogP contribution in [0.4, 0.5) is 10.7 Å². The van der Waals surface area contributed by atoms with Crippen molar-refractivity contribution in [2.75, 3.05) is 51.2 Å². The average molecular weight is 619 g/mol. The van der Waals surface area contributed by atoms with E-state index in [0.29, 0.717) is 28.5 Å². The Kier molecular flexibility index (Phi) is 9.84. The SMILES string of the molecule is CCOC(=O)c1c(NC(=O)CN(c2cc(OC)ccc2OC)S(=O)(=O)c2ccc(OC)c(OC)c2)sc2c1CCCC2. The zero-order valence-corrected chi connectivity index (χ0v) is 25.8. The number of hydrogen-bond donors (Lipinski definition) is 1. The van der Waals surface area contributed by atoms with E-state index in [1.807, 2.05) is 0 Å². The van der Waals surface area contributed by atoms with E-state index in [9.17, 15) is 18.0 Å². The Morgan fingerprint density at radius 2 is 1.60 bits per heavy atom. The topological polar surface area (TPSA) is 130 Å². The molecule has 0 atom stereocenters. The number of benzene rings is 2. The highest BCUT2D eigenvalue weighted by Crippen LogP contribution is 2.40. The van der Waals surface area contributed by atoms with Crippen LogP contribution >= 0.6 is 11.3 Å². The van der Waals surface area contributed by atoms with Crippen molar-refractivity contribution in [2.24, 2.45) is 0 Å². The molecule has 0 radical (unpaired) electrons. The summed E-state index contributed by atoms with van der Waals surface area (Å²) in [4.78, 5) is 27.4. The highest BCUT2D eigenvalue weighted by atomic mass is 32.2. The highest BCUT2D eigenvalue weighted by Gasteiger charge is 2.33. The Hall–Kier alpha value is -3.97. The van der Waals surface area contributed by atoms with Crippen LogP contribution in [0.25, 0.3) is 0 Å². The van der Waals surface area contributed by atoms with Crippen molar-refractivity contribution in [3.8, 4) is 23.0 Å². The van der Waals surface area contributed by atoms with E-state index in [0.717, 1.165) is 34.0 Å². The average Bonchev–Trinajstić information content (AvgIpc) is 3.36. The number of rotatable bonds is 12. The predicted octanol–water partition coefficient (Wildman–Crippen LogP) is 4.67. The second kappa shape index (κ2) is 13.3. The summed E-state index contributed by atoms with van der Waals surface area (Å²) in [6, 6.07) is 8.78. The molecule has 11 nitrogen and oxygen atoms in total. The Labute approximate surface area is 249 Å². The number of hydrogen-bond acceptors (Lipinski definition) is 10. The number of aryl methyl sites for hydroxylation is 1. The van der Waals surface area contributed by atoms with Crippen LogP contribution in [0.1, 0.15) is 40.6 Å². The van der Waals surface area contributed by atoms with Crippen LogP contribution < -0.4 is 28.6 Å². The lowest BCUT2D eigenvalue weighted by Gasteiger charge is -2.26. The molecular weight excluding hydrogens is 584 g/mol. The fraction of sp³-hybridized carbons (Fsp3) is 0.379. The quantitative estimate of drug-likeness (QED) is 0.288. The standard InChI is InChI=1S/C29H34N2O9S2/c1-6-40-29(33)27-20-9-7-8-10-25(20)41-28(27)30-26(32)17-31(21-15-18(36-2)11-13-22(21)37-3)42(34,35)19-12-14-23(38-4)24(16-19)39-5/h11-16H,6-10,17H2,1-5H3,(H,30,32). The molecule has 0 aliphatic heterocycles. The van der Waals surface area contributed by atoms with E-state index in [-0.39, 0.29) is 28.7 Å². The van der Waals surface area contributed by atoms with E-state index >= 15 is 0 Å². The summed E-state index contributed by atoms with van der Waals surface area (Å²) in [6.07, 6.45) is 3.41. The molecule has 13 heteroatoms. The Morgan fingerprint density at radius 1 is 0.905 bits per heavy atom. The van der Waals surface area contributed by atoms with Gasteiger partial charge in [-0.05, 0) is 62.4 Å². The number of methoxy groups -OCH3 is 4. The molecule has 0 saturated carbocycles. The Bertz CT molecular complexity index is 1570. The first-order valence-corrected chi connectivity index (χ1v) is 15.5. The zero-order valence-electron chi connectivity index (χ0n) is 24.1. The smallest absolute Gasteiger partial charge is 0.341 e. The molecule has 0 bridgehead atoms. The third kappa shape index (κ3) is 6.26. The number of amides is 1. The van der Waals surface area contributed by atoms with Gasteiger partial charge in [0, 0.05) is 17.0 Å². The van der Waals surface area contributed by atoms with Crippen molar-refractivity contribution < 1.29 is 41.7 Å². The summed E-state index contributed by atoms with van der Waals surface area (Å²) in [6.45, 7) is 1.27. The van der Waals surface area contributed by atoms with Gasteiger partial charge in [0.15, 0.2) is 11.5 Å². The van der Waals surface area contributed by atoms with Crippen LogP contribution in [0.5, 0.6) is 23.0 Å². The van der Waals surface area contributed by atoms with Gasteiger partial charge in [0.2, 0.25) is 5.91 Å². The minimum absolute atomic E-state index is 0.0814. The van der Waals surface area contributed by atoms with Crippen LogP contribution in [-0.4, -0.2) is 61.9 Å². The van der Waals surface area contributed by atoms with Crippen LogP contribution in [-0.2, 0) is 32.4 Å². The number of fused-ring (bicyclic) bond motifs is 1. The number of anilines is 2. The van der Waals surface area contributed by atoms with Gasteiger partial charge in [0.1, 0.15) is 23.0 Å². The summed E-state index contributed by atoms with van der Waals surface area (Å²) in [5.41, 5.74) is 1.29. The molecule has 3 aromatic rings. The lowest BCUT2D eigenvalue weighted by Crippen LogP contribution is -2.38. The molecule has 0 saturated heterocycles. The number of carbonyl (C=O) groups excluding carboxylic acids is 2. The Balaban J connectivity index is 1.78. The van der Waals surface area contributed by atoms with Crippen LogP contribution in [0.15, 0.2) is 41.3 Å². The molecule has 0 unspecified atom stereocenters. The molecule has 226 valence electrons. The monoisotopic (exact) mass is 618 g/mol. The maximum atomic E-state index is 14.2. The lowest BCUT2D eigenvalue weighted by molar-refractivity contribution is -0.114. The maximum absolute atomic E-state index is 14.2. The number of thiophene rings is 1. The first kappa shape index (κ1) is 31.0. The maximum Gasteiger partial charge on any atom is 0.341 e. The molecule has 1 aliphatic rings. The third-order valence-electron chi connectivity index (χ3n) is 6.79. The molecule has 4 rings (SSSR count). The fourth-order valence-corrected chi connectivity index (χ4v) is 7.50. The van der Waals surface area contributed by atoms with Crippen molar-refractivity contribution in [1.29, 1.82) is 0 Å². The third-order valence-corrected chi connectivity index (χ3v) is 9.75. The van der Waals surface area contributed by atoms with Gasteiger partial charge in [0.25, 0.3) is 10.0 Å². The van der Waals surface area contributed by atoms with Gasteiger partial charge in [-0.15, -0.1) is 11.3 Å². The second-order valence-electron chi connectivity index (χ2n) is 9.25. The summed E-state index contributed by atoms with van der Waals surface area (Å²) >= 11 is 1.32. The van der Waals surface area contributed by atoms with E-state index < -0.39 is 28.4 Å². The van der Waals surface area contributed by atoms with Crippen LogP contribution in [0, 0.1) is 0 Å². The normalized spacial score (nSPS) is 12.6. The second-order valence-corrected chi connectivity index (χ2v) is 12.2. The van der Waals surface area contributed by atoms with Crippen molar-refractivity contribution in [1.82, 2.24) is 0 Å². The molecule has 1 aromatic heterocycles. The number of ether oxygens (including phenoxy) is 5. The van der Waals surface area contributed by atoms with E-state index in [1.54, 1.807) is 19.1 Å². The van der Waals surface area contributed by atoms with Gasteiger partial charge >= 0.3 is 5.97 Å². The predicted molar refractivity (Wildman–Crippen MR) is 159 cm³/mol. The highest BCUT2D eigenvalue weighted by molar-refractivity contribution is 7.92. The van der Waals surface area contributed by atoms with Crippen molar-refractivity contribution in [3.63, 3.8) is 0 Å². The molecule has 0 fully saturated rings. The molecular formula is C29H34N2O9S2. The molecule has 42 heavy (non-hydrogen) atoms. The van der Waals surface area contributed by atoms with Gasteiger partial charge < -0.3 is 29.0 Å². The van der Waals surface area contributed by atoms with Crippen LogP contribution in [0.2, 0.25) is 0 Å². The molecule has 2 aromatic carbocycles. The van der Waals surface area contributed by atoms with Gasteiger partial charge in [0.05, 0.1) is 51.2 Å². The fourth-order valence-electron chi connectivity index (χ4n) is 4.77. The van der Waals surface area contributed by atoms with Gasteiger partial charge in [-0.25, -0.2) is 13.2 Å². The zero-order chi connectivity index (χ0) is 30.4. The summed E-state index contributed by atoms with van der Waals surface area (Å²) in [5.74, 6) is -0.0815.